The molecule has 77 heavy (non-hydrogen) atoms. The Morgan fingerprint density at radius 1 is 0.532 bits per heavy atom. The van der Waals surface area contributed by atoms with Crippen molar-refractivity contribution in [2.24, 2.45) is 29.6 Å². The van der Waals surface area contributed by atoms with Crippen molar-refractivity contribution < 1.29 is 57.9 Å². The first-order valence-corrected chi connectivity index (χ1v) is 31.9. The molecule has 1 saturated carbocycles. The summed E-state index contributed by atoms with van der Waals surface area (Å²) in [6.07, 6.45) is 36.7. The van der Waals surface area contributed by atoms with E-state index in [2.05, 4.69) is 48.5 Å². The van der Waals surface area contributed by atoms with E-state index in [1.165, 1.54) is 116 Å². The molecule has 2 fully saturated rings. The Kier molecular flexibility index (Phi) is 64.6. The van der Waals surface area contributed by atoms with Crippen LogP contribution in [0, 0.1) is 29.6 Å². The molecule has 0 radical (unpaired) electrons. The highest BCUT2D eigenvalue weighted by atomic mass is 16.6. The van der Waals surface area contributed by atoms with E-state index in [0.717, 1.165) is 95.8 Å². The number of carboxylic acids is 1. The van der Waals surface area contributed by atoms with Crippen LogP contribution in [-0.2, 0) is 42.9 Å². The number of carbonyl (C=O) groups excluding carboxylic acids is 5. The second kappa shape index (κ2) is 62.0. The molecule has 6 unspecified atom stereocenters. The van der Waals surface area contributed by atoms with Gasteiger partial charge in [-0.25, -0.2) is 4.79 Å². The number of likely N-dealkylation sites (tertiary alicyclic amines) is 1. The van der Waals surface area contributed by atoms with Crippen molar-refractivity contribution in [2.75, 3.05) is 39.6 Å². The zero-order chi connectivity index (χ0) is 58.7. The van der Waals surface area contributed by atoms with Crippen LogP contribution in [0.2, 0.25) is 0 Å². The SMILES string of the molecule is CC.CCC(C)C=O.CCC1CCC1COC(=O)N1CCCC1CC.CCCCCC.CCCCCCCCOC(=O)CC(CC)COC(=O)CCCCCCCC.CCCCCCCCOC(=O)CC(CO)CC(=O)O. The van der Waals surface area contributed by atoms with E-state index < -0.39 is 17.9 Å². The molecule has 0 aromatic carbocycles. The molecular formula is C64H125NO12. The Balaban J connectivity index is -0.000000469. The number of carbonyl (C=O) groups is 6. The van der Waals surface area contributed by atoms with E-state index in [4.69, 9.17) is 29.2 Å². The minimum Gasteiger partial charge on any atom is -0.481 e. The zero-order valence-corrected chi connectivity index (χ0v) is 52.2. The average Bonchev–Trinajstić information content (AvgIpc) is 3.92. The second-order valence-corrected chi connectivity index (χ2v) is 21.2. The van der Waals surface area contributed by atoms with Gasteiger partial charge in [-0.2, -0.15) is 0 Å². The molecule has 0 aromatic heterocycles. The number of rotatable bonds is 40. The largest absolute Gasteiger partial charge is 0.481 e. The number of aliphatic carboxylic acids is 1. The molecule has 0 aromatic rings. The van der Waals surface area contributed by atoms with Crippen molar-refractivity contribution >= 4 is 36.3 Å². The van der Waals surface area contributed by atoms with Crippen molar-refractivity contribution in [3.63, 3.8) is 0 Å². The van der Waals surface area contributed by atoms with E-state index in [1.807, 2.05) is 39.5 Å². The number of carboxylic acid groups (broad SMARTS) is 1. The van der Waals surface area contributed by atoms with Gasteiger partial charge in [0.25, 0.3) is 0 Å². The van der Waals surface area contributed by atoms with Crippen LogP contribution >= 0.6 is 0 Å². The molecule has 2 aliphatic rings. The summed E-state index contributed by atoms with van der Waals surface area (Å²) in [5.41, 5.74) is 0. The van der Waals surface area contributed by atoms with Crippen molar-refractivity contribution in [1.82, 2.24) is 4.90 Å². The number of aliphatic hydroxyl groups is 1. The summed E-state index contributed by atoms with van der Waals surface area (Å²) in [6, 6.07) is 0.422. The number of hydrogen-bond donors (Lipinski definition) is 2. The van der Waals surface area contributed by atoms with E-state index in [0.29, 0.717) is 51.2 Å². The molecular weight excluding hydrogens is 975 g/mol. The summed E-state index contributed by atoms with van der Waals surface area (Å²) < 4.78 is 21.2. The topological polar surface area (TPSA) is 183 Å². The highest BCUT2D eigenvalue weighted by molar-refractivity contribution is 5.72. The van der Waals surface area contributed by atoms with Gasteiger partial charge in [-0.15, -0.1) is 0 Å². The summed E-state index contributed by atoms with van der Waals surface area (Å²) in [5, 5.41) is 17.5. The number of unbranched alkanes of at least 4 members (excludes halogenated alkanes) is 18. The van der Waals surface area contributed by atoms with Crippen molar-refractivity contribution in [3.05, 3.63) is 0 Å². The lowest BCUT2D eigenvalue weighted by Gasteiger charge is -2.36. The quantitative estimate of drug-likeness (QED) is 0.0257. The fourth-order valence-electron chi connectivity index (χ4n) is 8.58. The third-order valence-electron chi connectivity index (χ3n) is 14.4. The number of amides is 1. The highest BCUT2D eigenvalue weighted by Gasteiger charge is 2.33. The summed E-state index contributed by atoms with van der Waals surface area (Å²) in [5.74, 6) is -0.534. The van der Waals surface area contributed by atoms with Gasteiger partial charge in [0.15, 0.2) is 0 Å². The van der Waals surface area contributed by atoms with Gasteiger partial charge in [0.05, 0.1) is 45.7 Å². The van der Waals surface area contributed by atoms with Gasteiger partial charge < -0.3 is 38.9 Å². The summed E-state index contributed by atoms with van der Waals surface area (Å²) in [6.45, 7) is 27.8. The van der Waals surface area contributed by atoms with Crippen LogP contribution in [0.15, 0.2) is 0 Å². The molecule has 6 atom stereocenters. The highest BCUT2D eigenvalue weighted by Crippen LogP contribution is 2.37. The van der Waals surface area contributed by atoms with Gasteiger partial charge in [0.2, 0.25) is 0 Å². The molecule has 458 valence electrons. The van der Waals surface area contributed by atoms with Crippen LogP contribution in [0.1, 0.15) is 301 Å². The van der Waals surface area contributed by atoms with Crippen LogP contribution in [0.25, 0.3) is 0 Å². The lowest BCUT2D eigenvalue weighted by molar-refractivity contribution is -0.150. The molecule has 1 heterocycles. The Labute approximate surface area is 474 Å². The molecule has 1 amide bonds. The molecule has 13 nitrogen and oxygen atoms in total. The zero-order valence-electron chi connectivity index (χ0n) is 52.2. The minimum atomic E-state index is -1.01. The predicted molar refractivity (Wildman–Crippen MR) is 318 cm³/mol. The first-order chi connectivity index (χ1) is 37.2. The van der Waals surface area contributed by atoms with E-state index >= 15 is 0 Å². The lowest BCUT2D eigenvalue weighted by atomic mass is 9.73. The number of esters is 3. The predicted octanol–water partition coefficient (Wildman–Crippen LogP) is 17.2. The number of aldehydes is 1. The Bertz CT molecular complexity index is 1320. The van der Waals surface area contributed by atoms with Gasteiger partial charge in [0, 0.05) is 43.4 Å². The molecule has 1 aliphatic carbocycles. The van der Waals surface area contributed by atoms with Gasteiger partial charge in [-0.1, -0.05) is 212 Å². The number of nitrogens with zero attached hydrogens (tertiary/aromatic N) is 1. The van der Waals surface area contributed by atoms with Crippen LogP contribution in [0.4, 0.5) is 4.79 Å². The number of hydrogen-bond acceptors (Lipinski definition) is 11. The van der Waals surface area contributed by atoms with E-state index in [-0.39, 0.29) is 49.3 Å². The summed E-state index contributed by atoms with van der Waals surface area (Å²) in [7, 11) is 0. The standard InChI is InChI=1S/C23H44O4.C14H25NO2.C14H26O5.C6H14.C5H10O.C2H6/c1-4-7-9-11-13-15-17-22(24)27-20-21(6-3)19-23(25)26-18-16-14-12-10-8-5-2;1-3-11-7-8-12(11)10-17-14(16)15-9-5-6-13(15)4-2;1-2-3-4-5-6-7-8-19-14(18)10-12(11-15)9-13(16)17;1-3-5-6-4-2;1-3-5(2)4-6;1-2/h21H,4-20H2,1-3H3;11-13H,3-10H2,1-2H3;12,15H,2-11H2,1H3,(H,16,17);3-6H2,1-2H3;4-5H,3H2,1-2H3;1-2H3. The monoisotopic (exact) mass is 1100 g/mol. The van der Waals surface area contributed by atoms with E-state index in [9.17, 15) is 28.8 Å². The molecule has 1 saturated heterocycles. The fourth-order valence-corrected chi connectivity index (χ4v) is 8.58. The van der Waals surface area contributed by atoms with Gasteiger partial charge >= 0.3 is 30.0 Å². The van der Waals surface area contributed by atoms with Crippen LogP contribution in [0.5, 0.6) is 0 Å². The summed E-state index contributed by atoms with van der Waals surface area (Å²) in [4.78, 5) is 69.2. The Hall–Kier alpha value is -3.22. The fraction of sp³-hybridized carbons (Fsp3) is 0.906. The first kappa shape index (κ1) is 80.3. The van der Waals surface area contributed by atoms with Gasteiger partial charge in [-0.05, 0) is 76.0 Å². The second-order valence-electron chi connectivity index (χ2n) is 21.2. The Morgan fingerprint density at radius 2 is 0.987 bits per heavy atom. The number of ether oxygens (including phenoxy) is 4. The van der Waals surface area contributed by atoms with Gasteiger partial charge in [-0.3, -0.25) is 19.2 Å². The van der Waals surface area contributed by atoms with Crippen LogP contribution in [-0.4, -0.2) is 97.0 Å². The maximum absolute atomic E-state index is 12.0. The van der Waals surface area contributed by atoms with Gasteiger partial charge in [0.1, 0.15) is 6.29 Å². The lowest BCUT2D eigenvalue weighted by Crippen LogP contribution is -2.38. The van der Waals surface area contributed by atoms with Crippen LogP contribution < -0.4 is 0 Å². The maximum atomic E-state index is 12.0. The third-order valence-corrected chi connectivity index (χ3v) is 14.4. The Morgan fingerprint density at radius 3 is 1.38 bits per heavy atom. The number of aliphatic hydroxyl groups excluding tert-OH is 1. The minimum absolute atomic E-state index is 0.0291. The van der Waals surface area contributed by atoms with Crippen LogP contribution in [0.3, 0.4) is 0 Å². The van der Waals surface area contributed by atoms with E-state index in [1.54, 1.807) is 0 Å². The molecule has 0 bridgehead atoms. The molecule has 2 rings (SSSR count). The van der Waals surface area contributed by atoms with Crippen molar-refractivity contribution in [1.29, 1.82) is 0 Å². The summed E-state index contributed by atoms with van der Waals surface area (Å²) >= 11 is 0. The third kappa shape index (κ3) is 53.2. The normalized spacial score (nSPS) is 16.2. The average molecular weight is 1100 g/mol. The molecule has 1 aliphatic heterocycles. The molecule has 13 heteroatoms. The van der Waals surface area contributed by atoms with Crippen molar-refractivity contribution in [2.45, 2.75) is 307 Å². The molecule has 2 N–H and O–H groups in total. The first-order valence-electron chi connectivity index (χ1n) is 31.9. The van der Waals surface area contributed by atoms with Crippen molar-refractivity contribution in [3.8, 4) is 0 Å². The maximum Gasteiger partial charge on any atom is 0.410 e. The molecule has 0 spiro atoms. The smallest absolute Gasteiger partial charge is 0.410 e.